The van der Waals surface area contributed by atoms with E-state index >= 15 is 0 Å². The predicted molar refractivity (Wildman–Crippen MR) is 236 cm³/mol. The van der Waals surface area contributed by atoms with E-state index in [0.29, 0.717) is 12.3 Å². The van der Waals surface area contributed by atoms with Crippen LogP contribution in [0.2, 0.25) is 5.02 Å². The molecule has 0 saturated carbocycles. The molecule has 4 N–H and O–H groups in total. The Morgan fingerprint density at radius 3 is 2.18 bits per heavy atom. The zero-order valence-corrected chi connectivity index (χ0v) is 36.9. The number of ether oxygens (including phenoxy) is 1. The Labute approximate surface area is 356 Å². The van der Waals surface area contributed by atoms with E-state index in [4.69, 9.17) is 16.3 Å². The third kappa shape index (κ3) is 11.7. The van der Waals surface area contributed by atoms with Gasteiger partial charge < -0.3 is 4.74 Å². The number of rotatable bonds is 19. The molecule has 0 aliphatic rings. The molecule has 0 bridgehead atoms. The molecule has 0 aliphatic heterocycles. The van der Waals surface area contributed by atoms with Crippen molar-refractivity contribution in [3.05, 3.63) is 106 Å². The van der Waals surface area contributed by atoms with Crippen molar-refractivity contribution in [2.75, 3.05) is 21.5 Å². The fourth-order valence-electron chi connectivity index (χ4n) is 7.10. The molecule has 1 amide bonds. The van der Waals surface area contributed by atoms with Crippen LogP contribution in [0, 0.1) is 15.5 Å². The molecule has 5 aromatic rings. The normalized spacial score (nSPS) is 12.2. The summed E-state index contributed by atoms with van der Waals surface area (Å²) in [5.74, 6) is 0.222. The molecule has 322 valence electrons. The molecule has 1 aromatic heterocycles. The maximum atomic E-state index is 14.1. The Morgan fingerprint density at radius 1 is 0.833 bits per heavy atom. The standard InChI is InChI=1S/C42H52ClN7O8S2/c1-7-8-9-10-11-12-24-58-37-23-16-29(42(5,6)28-41(2,3)4)25-38(37)60(56,57)48-32-14-13-15-33(26-32)59(54,55)47-31-19-17-30(18-20-31)45-46-40(51)49-39-34(27-44-49)36(50(52)53)22-21-35(39)43/h13-23,25-27,45,47-48H,7-12,24,28H2,1-6H3,(H,46,51). The van der Waals surface area contributed by atoms with Gasteiger partial charge in [0, 0.05) is 11.8 Å². The summed E-state index contributed by atoms with van der Waals surface area (Å²) in [6, 6.07) is 18.4. The van der Waals surface area contributed by atoms with E-state index in [1.807, 2.05) is 6.07 Å². The number of non-ortho nitro benzene ring substituents is 1. The van der Waals surface area contributed by atoms with Gasteiger partial charge in [0.15, 0.2) is 0 Å². The number of nitrogens with one attached hydrogen (secondary N) is 4. The van der Waals surface area contributed by atoms with Crippen LogP contribution in [0.4, 0.5) is 27.5 Å². The van der Waals surface area contributed by atoms with Gasteiger partial charge >= 0.3 is 6.03 Å². The molecule has 0 saturated heterocycles. The molecule has 0 unspecified atom stereocenters. The van der Waals surface area contributed by atoms with E-state index in [9.17, 15) is 31.7 Å². The number of nitro groups is 1. The lowest BCUT2D eigenvalue weighted by Gasteiger charge is -2.33. The number of halogens is 1. The minimum atomic E-state index is -4.26. The number of sulfonamides is 2. The van der Waals surface area contributed by atoms with Crippen LogP contribution in [-0.4, -0.2) is 44.2 Å². The van der Waals surface area contributed by atoms with Gasteiger partial charge in [-0.05, 0) is 89.9 Å². The first-order valence-electron chi connectivity index (χ1n) is 19.6. The topological polar surface area (TPSA) is 204 Å². The predicted octanol–water partition coefficient (Wildman–Crippen LogP) is 10.2. The number of amides is 1. The summed E-state index contributed by atoms with van der Waals surface area (Å²) in [4.78, 5) is 23.5. The molecule has 0 atom stereocenters. The molecule has 5 rings (SSSR count). The monoisotopic (exact) mass is 881 g/mol. The first kappa shape index (κ1) is 45.7. The lowest BCUT2D eigenvalue weighted by Crippen LogP contribution is -2.34. The number of benzene rings is 4. The van der Waals surface area contributed by atoms with E-state index in [1.54, 1.807) is 12.1 Å². The largest absolute Gasteiger partial charge is 0.492 e. The van der Waals surface area contributed by atoms with Gasteiger partial charge in [0.1, 0.15) is 16.2 Å². The number of nitrogens with zero attached hydrogens (tertiary/aromatic N) is 3. The first-order valence-corrected chi connectivity index (χ1v) is 23.0. The fraction of sp³-hybridized carbons (Fsp3) is 0.381. The van der Waals surface area contributed by atoms with Gasteiger partial charge in [-0.25, -0.2) is 27.1 Å². The van der Waals surface area contributed by atoms with Crippen LogP contribution in [0.15, 0.2) is 94.9 Å². The summed E-state index contributed by atoms with van der Waals surface area (Å²) in [5, 5.41) is 15.5. The van der Waals surface area contributed by atoms with E-state index in [0.717, 1.165) is 48.8 Å². The third-order valence-electron chi connectivity index (χ3n) is 9.64. The molecule has 4 aromatic carbocycles. The molecular weight excluding hydrogens is 830 g/mol. The minimum absolute atomic E-state index is 0.0207. The van der Waals surface area contributed by atoms with E-state index < -0.39 is 31.0 Å². The number of unbranched alkanes of at least 4 members (excludes halogenated alkanes) is 5. The van der Waals surface area contributed by atoms with Gasteiger partial charge in [-0.3, -0.25) is 25.0 Å². The van der Waals surface area contributed by atoms with Crippen molar-refractivity contribution in [2.24, 2.45) is 5.41 Å². The number of carbonyl (C=O) groups excluding carboxylic acids is 1. The maximum Gasteiger partial charge on any atom is 0.361 e. The highest BCUT2D eigenvalue weighted by atomic mass is 35.5. The van der Waals surface area contributed by atoms with Gasteiger partial charge in [0.2, 0.25) is 0 Å². The number of hydrazine groups is 1. The number of aromatic nitrogens is 2. The molecular formula is C42H52ClN7O8S2. The van der Waals surface area contributed by atoms with Crippen LogP contribution in [0.25, 0.3) is 10.9 Å². The third-order valence-corrected chi connectivity index (χ3v) is 12.7. The Balaban J connectivity index is 1.28. The van der Waals surface area contributed by atoms with Crippen molar-refractivity contribution in [1.82, 2.24) is 15.2 Å². The van der Waals surface area contributed by atoms with Crippen molar-refractivity contribution in [2.45, 2.75) is 102 Å². The van der Waals surface area contributed by atoms with Gasteiger partial charge in [-0.2, -0.15) is 9.78 Å². The number of fused-ring (bicyclic) bond motifs is 1. The summed E-state index contributed by atoms with van der Waals surface area (Å²) >= 11 is 6.22. The SMILES string of the molecule is CCCCCCCCOc1ccc(C(C)(C)CC(C)(C)C)cc1S(=O)(=O)Nc1cccc(S(=O)(=O)Nc2ccc(NNC(=O)n3ncc4c([N+](=O)[O-])ccc(Cl)c43)cc2)c1. The lowest BCUT2D eigenvalue weighted by atomic mass is 9.72. The number of hydrogen-bond donors (Lipinski definition) is 4. The molecule has 60 heavy (non-hydrogen) atoms. The smallest absolute Gasteiger partial charge is 0.361 e. The highest BCUT2D eigenvalue weighted by molar-refractivity contribution is 7.93. The van der Waals surface area contributed by atoms with Crippen molar-refractivity contribution in [1.29, 1.82) is 0 Å². The van der Waals surface area contributed by atoms with Crippen LogP contribution < -0.4 is 25.0 Å². The number of nitro benzene ring substituents is 1. The highest BCUT2D eigenvalue weighted by Crippen LogP contribution is 2.39. The second-order valence-electron chi connectivity index (χ2n) is 16.4. The van der Waals surface area contributed by atoms with Crippen molar-refractivity contribution in [3.63, 3.8) is 0 Å². The van der Waals surface area contributed by atoms with Crippen LogP contribution in [0.3, 0.4) is 0 Å². The lowest BCUT2D eigenvalue weighted by molar-refractivity contribution is -0.383. The van der Waals surface area contributed by atoms with Crippen LogP contribution >= 0.6 is 11.6 Å². The molecule has 0 spiro atoms. The van der Waals surface area contributed by atoms with E-state index in [1.165, 1.54) is 73.3 Å². The van der Waals surface area contributed by atoms with Crippen molar-refractivity contribution < 1.29 is 31.3 Å². The molecule has 1 heterocycles. The first-order chi connectivity index (χ1) is 28.2. The van der Waals surface area contributed by atoms with E-state index in [-0.39, 0.29) is 59.4 Å². The second kappa shape index (κ2) is 18.9. The van der Waals surface area contributed by atoms with Crippen LogP contribution in [0.5, 0.6) is 5.75 Å². The molecule has 18 heteroatoms. The molecule has 15 nitrogen and oxygen atoms in total. The van der Waals surface area contributed by atoms with Gasteiger partial charge in [-0.1, -0.05) is 97.4 Å². The van der Waals surface area contributed by atoms with Crippen LogP contribution in [-0.2, 0) is 25.5 Å². The molecule has 0 radical (unpaired) electrons. The zero-order chi connectivity index (χ0) is 43.9. The summed E-state index contributed by atoms with van der Waals surface area (Å²) in [5.41, 5.74) is 5.91. The summed E-state index contributed by atoms with van der Waals surface area (Å²) in [6.07, 6.45) is 8.28. The number of carbonyl (C=O) groups is 1. The van der Waals surface area contributed by atoms with Gasteiger partial charge in [-0.15, -0.1) is 0 Å². The second-order valence-corrected chi connectivity index (χ2v) is 20.2. The Morgan fingerprint density at radius 2 is 1.50 bits per heavy atom. The van der Waals surface area contributed by atoms with Crippen molar-refractivity contribution in [3.8, 4) is 5.75 Å². The zero-order valence-electron chi connectivity index (χ0n) is 34.5. The number of hydrogen-bond acceptors (Lipinski definition) is 10. The van der Waals surface area contributed by atoms with E-state index in [2.05, 4.69) is 66.9 Å². The molecule has 0 aliphatic carbocycles. The fourth-order valence-corrected chi connectivity index (χ4v) is 9.67. The highest BCUT2D eigenvalue weighted by Gasteiger charge is 2.30. The summed E-state index contributed by atoms with van der Waals surface area (Å²) in [6.45, 7) is 13.1. The quantitative estimate of drug-likeness (QED) is 0.0351. The Kier molecular flexibility index (Phi) is 14.4. The Bertz CT molecular complexity index is 2560. The minimum Gasteiger partial charge on any atom is -0.492 e. The van der Waals surface area contributed by atoms with Crippen molar-refractivity contribution >= 4 is 71.3 Å². The maximum absolute atomic E-state index is 14.1. The summed E-state index contributed by atoms with van der Waals surface area (Å²) < 4.78 is 67.3. The average molecular weight is 883 g/mol. The number of anilines is 3. The van der Waals surface area contributed by atoms with Crippen LogP contribution in [0.1, 0.15) is 92.1 Å². The summed E-state index contributed by atoms with van der Waals surface area (Å²) in [7, 11) is -8.47. The Hall–Kier alpha value is -5.39. The van der Waals surface area contributed by atoms with Gasteiger partial charge in [0.25, 0.3) is 25.7 Å². The average Bonchev–Trinajstić information content (AvgIpc) is 3.62. The molecule has 0 fully saturated rings. The van der Waals surface area contributed by atoms with Gasteiger partial charge in [0.05, 0.1) is 44.4 Å².